The monoisotopic (exact) mass is 463 g/mol. The van der Waals surface area contributed by atoms with Gasteiger partial charge in [-0.25, -0.2) is 9.78 Å². The molecule has 3 aromatic rings. The Hall–Kier alpha value is -3.22. The third kappa shape index (κ3) is 5.59. The second kappa shape index (κ2) is 10.6. The first-order valence-corrected chi connectivity index (χ1v) is 11.3. The van der Waals surface area contributed by atoms with Gasteiger partial charge in [-0.1, -0.05) is 72.3 Å². The topological polar surface area (TPSA) is 71.5 Å². The number of hydrogen-bond donors (Lipinski definition) is 1. The summed E-state index contributed by atoms with van der Waals surface area (Å²) >= 11 is 6.01. The van der Waals surface area contributed by atoms with Crippen molar-refractivity contribution in [3.8, 4) is 0 Å². The minimum atomic E-state index is -0.409. The van der Waals surface area contributed by atoms with E-state index in [1.807, 2.05) is 73.7 Å². The average Bonchev–Trinajstić information content (AvgIpc) is 2.83. The number of β-lactam (4-membered cyclic amide) rings is 1. The lowest BCUT2D eigenvalue weighted by Gasteiger charge is -2.45. The molecule has 170 valence electrons. The van der Waals surface area contributed by atoms with Crippen molar-refractivity contribution in [3.05, 3.63) is 101 Å². The van der Waals surface area contributed by atoms with Gasteiger partial charge in [0.25, 0.3) is 0 Å². The number of pyridine rings is 1. The third-order valence-corrected chi connectivity index (χ3v) is 6.06. The predicted octanol–water partition coefficient (Wildman–Crippen LogP) is 4.79. The first-order valence-electron chi connectivity index (χ1n) is 10.9. The van der Waals surface area contributed by atoms with Gasteiger partial charge in [-0.15, -0.1) is 0 Å². The number of carbonyl (C=O) groups excluding carboxylic acids is 2. The molecule has 0 bridgehead atoms. The summed E-state index contributed by atoms with van der Waals surface area (Å²) in [4.78, 5) is 31.3. The molecular formula is C26H26ClN3O3. The van der Waals surface area contributed by atoms with Crippen LogP contribution in [0.5, 0.6) is 0 Å². The van der Waals surface area contributed by atoms with Crippen LogP contribution in [0.4, 0.5) is 4.79 Å². The molecule has 33 heavy (non-hydrogen) atoms. The fraction of sp³-hybridized carbons (Fsp3) is 0.269. The van der Waals surface area contributed by atoms with Gasteiger partial charge in [0.15, 0.2) is 0 Å². The molecule has 1 aromatic heterocycles. The minimum Gasteiger partial charge on any atom is -0.375 e. The van der Waals surface area contributed by atoms with Gasteiger partial charge >= 0.3 is 6.03 Å². The zero-order chi connectivity index (χ0) is 23.2. The standard InChI is InChI=1S/C26H26ClN3O3/c1-18(21-10-6-3-7-11-21)29-26(32)30-23(17-33-16-19-8-4-2-5-9-19)22(25(30)31)14-20-12-13-28-24(27)15-20/h2-13,15,18,22-23H,14,16-17H2,1H3,(H,29,32)/t18?,22-,23?/m1/s1. The summed E-state index contributed by atoms with van der Waals surface area (Å²) in [6.07, 6.45) is 2.09. The Bertz CT molecular complexity index is 1090. The van der Waals surface area contributed by atoms with Crippen LogP contribution in [0, 0.1) is 5.92 Å². The molecule has 0 aliphatic carbocycles. The number of nitrogens with one attached hydrogen (secondary N) is 1. The third-order valence-electron chi connectivity index (χ3n) is 5.86. The van der Waals surface area contributed by atoms with Crippen LogP contribution in [0.15, 0.2) is 79.0 Å². The van der Waals surface area contributed by atoms with Gasteiger partial charge in [-0.2, -0.15) is 0 Å². The fourth-order valence-corrected chi connectivity index (χ4v) is 4.24. The Morgan fingerprint density at radius 2 is 1.79 bits per heavy atom. The van der Waals surface area contributed by atoms with Crippen LogP contribution >= 0.6 is 11.6 Å². The molecule has 7 heteroatoms. The summed E-state index contributed by atoms with van der Waals surface area (Å²) in [5.41, 5.74) is 2.91. The van der Waals surface area contributed by atoms with Crippen molar-refractivity contribution in [3.63, 3.8) is 0 Å². The van der Waals surface area contributed by atoms with E-state index in [2.05, 4.69) is 10.3 Å². The number of nitrogens with zero attached hydrogens (tertiary/aromatic N) is 2. The van der Waals surface area contributed by atoms with E-state index in [-0.39, 0.29) is 30.5 Å². The fourth-order valence-electron chi connectivity index (χ4n) is 4.04. The SMILES string of the molecule is CC(NC(=O)N1C(=O)[C@H](Cc2ccnc(Cl)c2)C1COCc1ccccc1)c1ccccc1. The van der Waals surface area contributed by atoms with Gasteiger partial charge in [0.1, 0.15) is 5.15 Å². The number of ether oxygens (including phenoxy) is 1. The van der Waals surface area contributed by atoms with E-state index < -0.39 is 6.03 Å². The molecule has 3 amide bonds. The van der Waals surface area contributed by atoms with E-state index in [9.17, 15) is 9.59 Å². The van der Waals surface area contributed by atoms with E-state index in [0.717, 1.165) is 16.7 Å². The normalized spacial score (nSPS) is 18.5. The molecule has 2 heterocycles. The highest BCUT2D eigenvalue weighted by Crippen LogP contribution is 2.31. The van der Waals surface area contributed by atoms with Gasteiger partial charge in [-0.3, -0.25) is 9.69 Å². The number of urea groups is 1. The van der Waals surface area contributed by atoms with Crippen molar-refractivity contribution >= 4 is 23.5 Å². The quantitative estimate of drug-likeness (QED) is 0.385. The maximum Gasteiger partial charge on any atom is 0.324 e. The van der Waals surface area contributed by atoms with Crippen molar-refractivity contribution in [1.82, 2.24) is 15.2 Å². The largest absolute Gasteiger partial charge is 0.375 e. The number of amides is 3. The molecule has 3 atom stereocenters. The molecule has 1 saturated heterocycles. The smallest absolute Gasteiger partial charge is 0.324 e. The Kier molecular flexibility index (Phi) is 7.37. The summed E-state index contributed by atoms with van der Waals surface area (Å²) in [7, 11) is 0. The summed E-state index contributed by atoms with van der Waals surface area (Å²) in [5.74, 6) is -0.578. The lowest BCUT2D eigenvalue weighted by Crippen LogP contribution is -2.67. The van der Waals surface area contributed by atoms with Crippen LogP contribution < -0.4 is 5.32 Å². The highest BCUT2D eigenvalue weighted by atomic mass is 35.5. The second-order valence-corrected chi connectivity index (χ2v) is 8.54. The van der Waals surface area contributed by atoms with E-state index in [4.69, 9.17) is 16.3 Å². The lowest BCUT2D eigenvalue weighted by atomic mass is 9.83. The number of hydrogen-bond acceptors (Lipinski definition) is 4. The molecule has 0 radical (unpaired) electrons. The molecule has 1 aliphatic heterocycles. The Labute approximate surface area is 198 Å². The molecule has 2 aromatic carbocycles. The first kappa shape index (κ1) is 23.0. The maximum atomic E-state index is 13.0. The summed E-state index contributed by atoms with van der Waals surface area (Å²) in [6.45, 7) is 2.57. The lowest BCUT2D eigenvalue weighted by molar-refractivity contribution is -0.154. The zero-order valence-electron chi connectivity index (χ0n) is 18.4. The Morgan fingerprint density at radius 3 is 2.48 bits per heavy atom. The molecule has 1 fully saturated rings. The number of aromatic nitrogens is 1. The average molecular weight is 464 g/mol. The van der Waals surface area contributed by atoms with E-state index >= 15 is 0 Å². The molecule has 4 rings (SSSR count). The van der Waals surface area contributed by atoms with Gasteiger partial charge < -0.3 is 10.1 Å². The number of imide groups is 1. The molecular weight excluding hydrogens is 438 g/mol. The zero-order valence-corrected chi connectivity index (χ0v) is 19.1. The van der Waals surface area contributed by atoms with Gasteiger partial charge in [0, 0.05) is 6.20 Å². The Morgan fingerprint density at radius 1 is 1.09 bits per heavy atom. The van der Waals surface area contributed by atoms with Gasteiger partial charge in [0.2, 0.25) is 5.91 Å². The second-order valence-electron chi connectivity index (χ2n) is 8.16. The highest BCUT2D eigenvalue weighted by molar-refractivity contribution is 6.29. The molecule has 2 unspecified atom stereocenters. The van der Waals surface area contributed by atoms with E-state index in [1.54, 1.807) is 12.3 Å². The highest BCUT2D eigenvalue weighted by Gasteiger charge is 2.50. The molecule has 1 aliphatic rings. The molecule has 0 spiro atoms. The van der Waals surface area contributed by atoms with Crippen LogP contribution in [0.3, 0.4) is 0 Å². The summed E-state index contributed by atoms with van der Waals surface area (Å²) in [5, 5.41) is 3.32. The van der Waals surface area contributed by atoms with E-state index in [0.29, 0.717) is 18.2 Å². The number of benzene rings is 2. The summed E-state index contributed by atoms with van der Waals surface area (Å²) < 4.78 is 5.92. The van der Waals surface area contributed by atoms with Crippen molar-refractivity contribution in [1.29, 1.82) is 0 Å². The molecule has 1 N–H and O–H groups in total. The van der Waals surface area contributed by atoms with Crippen molar-refractivity contribution in [2.24, 2.45) is 5.92 Å². The Balaban J connectivity index is 1.45. The molecule has 0 saturated carbocycles. The first-order chi connectivity index (χ1) is 16.0. The maximum absolute atomic E-state index is 13.0. The minimum absolute atomic E-state index is 0.214. The van der Waals surface area contributed by atoms with Crippen LogP contribution in [-0.4, -0.2) is 34.5 Å². The molecule has 6 nitrogen and oxygen atoms in total. The van der Waals surface area contributed by atoms with Gasteiger partial charge in [-0.05, 0) is 42.2 Å². The number of likely N-dealkylation sites (tertiary alicyclic amines) is 1. The summed E-state index contributed by atoms with van der Waals surface area (Å²) in [6, 6.07) is 22.0. The van der Waals surface area contributed by atoms with E-state index in [1.165, 1.54) is 4.90 Å². The van der Waals surface area contributed by atoms with Crippen molar-refractivity contribution in [2.75, 3.05) is 6.61 Å². The predicted molar refractivity (Wildman–Crippen MR) is 127 cm³/mol. The number of rotatable bonds is 8. The van der Waals surface area contributed by atoms with Crippen LogP contribution in [-0.2, 0) is 22.6 Å². The van der Waals surface area contributed by atoms with Crippen molar-refractivity contribution in [2.45, 2.75) is 32.0 Å². The van der Waals surface area contributed by atoms with Crippen LogP contribution in [0.2, 0.25) is 5.15 Å². The van der Waals surface area contributed by atoms with Gasteiger partial charge in [0.05, 0.1) is 31.2 Å². The van der Waals surface area contributed by atoms with Crippen molar-refractivity contribution < 1.29 is 14.3 Å². The number of halogens is 1. The van der Waals surface area contributed by atoms with Crippen LogP contribution in [0.1, 0.15) is 29.7 Å². The number of carbonyl (C=O) groups is 2. The van der Waals surface area contributed by atoms with Crippen LogP contribution in [0.25, 0.3) is 0 Å².